The zero-order chi connectivity index (χ0) is 8.97. The highest BCUT2D eigenvalue weighted by molar-refractivity contribution is 7.09. The van der Waals surface area contributed by atoms with Crippen LogP contribution in [-0.4, -0.2) is 26.6 Å². The molecule has 0 aliphatic heterocycles. The largest absolute Gasteiger partial charge is 0.299 e. The zero-order valence-electron chi connectivity index (χ0n) is 6.32. The Balaban J connectivity index is 2.47. The Morgan fingerprint density at radius 3 is 3.08 bits per heavy atom. The molecule has 1 N–H and O–H groups in total. The number of nitrogens with one attached hydrogen (secondary N) is 1. The predicted molar refractivity (Wildman–Crippen MR) is 46.2 cm³/mol. The molecule has 1 aromatic rings. The minimum Gasteiger partial charge on any atom is -0.299 e. The molecule has 0 bridgehead atoms. The van der Waals surface area contributed by atoms with Crippen LogP contribution in [0.25, 0.3) is 0 Å². The summed E-state index contributed by atoms with van der Waals surface area (Å²) in [5.41, 5.74) is 0. The number of alkyl halides is 1. The van der Waals surface area contributed by atoms with E-state index in [2.05, 4.69) is 20.1 Å². The van der Waals surface area contributed by atoms with Crippen LogP contribution in [0.5, 0.6) is 0 Å². The second-order valence-electron chi connectivity index (χ2n) is 2.21. The standard InChI is InChI=1S/C5H7ClN4OS/c1-3(2-6)4(11)7-5-8-9-10-12-5/h3H,2H2,1H3,(H,7,8,10,11). The number of aromatic nitrogens is 3. The van der Waals surface area contributed by atoms with Crippen LogP contribution in [0, 0.1) is 5.92 Å². The summed E-state index contributed by atoms with van der Waals surface area (Å²) in [4.78, 5) is 11.2. The molecule has 1 rings (SSSR count). The molecule has 0 spiro atoms. The molecule has 1 amide bonds. The van der Waals surface area contributed by atoms with E-state index in [-0.39, 0.29) is 17.7 Å². The molecule has 0 radical (unpaired) electrons. The van der Waals surface area contributed by atoms with Gasteiger partial charge >= 0.3 is 0 Å². The molecule has 0 aliphatic carbocycles. The Hall–Kier alpha value is -0.750. The average molecular weight is 207 g/mol. The third-order valence-corrected chi connectivity index (χ3v) is 2.18. The molecular weight excluding hydrogens is 200 g/mol. The molecule has 0 fully saturated rings. The first-order valence-corrected chi connectivity index (χ1v) is 4.56. The van der Waals surface area contributed by atoms with Gasteiger partial charge in [0, 0.05) is 23.3 Å². The first-order chi connectivity index (χ1) is 5.74. The number of carbonyl (C=O) groups excluding carboxylic acids is 1. The summed E-state index contributed by atoms with van der Waals surface area (Å²) in [7, 11) is 0. The molecule has 1 heterocycles. The topological polar surface area (TPSA) is 67.8 Å². The van der Waals surface area contributed by atoms with Gasteiger partial charge in [0.2, 0.25) is 11.0 Å². The molecule has 66 valence electrons. The summed E-state index contributed by atoms with van der Waals surface area (Å²) in [5.74, 6) is -0.1000. The quantitative estimate of drug-likeness (QED) is 0.741. The maximum absolute atomic E-state index is 11.2. The maximum Gasteiger partial charge on any atom is 0.231 e. The monoisotopic (exact) mass is 206 g/mol. The van der Waals surface area contributed by atoms with Crippen molar-refractivity contribution in [1.29, 1.82) is 0 Å². The Bertz CT molecular complexity index is 252. The summed E-state index contributed by atoms with van der Waals surface area (Å²) >= 11 is 6.51. The number of halogens is 1. The van der Waals surface area contributed by atoms with Crippen molar-refractivity contribution < 1.29 is 4.79 Å². The highest BCUT2D eigenvalue weighted by Gasteiger charge is 2.12. The Labute approximate surface area is 78.3 Å². The Kier molecular flexibility index (Phi) is 3.36. The Morgan fingerprint density at radius 1 is 1.83 bits per heavy atom. The van der Waals surface area contributed by atoms with Gasteiger partial charge < -0.3 is 0 Å². The number of nitrogens with zero attached hydrogens (tertiary/aromatic N) is 3. The lowest BCUT2D eigenvalue weighted by Crippen LogP contribution is -2.21. The normalized spacial score (nSPS) is 12.5. The van der Waals surface area contributed by atoms with E-state index in [1.54, 1.807) is 6.92 Å². The minimum atomic E-state index is -0.226. The molecule has 1 atom stereocenters. The molecule has 12 heavy (non-hydrogen) atoms. The van der Waals surface area contributed by atoms with Gasteiger partial charge in [-0.05, 0) is 5.21 Å². The van der Waals surface area contributed by atoms with Crippen LogP contribution >= 0.6 is 23.1 Å². The van der Waals surface area contributed by atoms with Crippen molar-refractivity contribution in [3.05, 3.63) is 0 Å². The van der Waals surface area contributed by atoms with Gasteiger partial charge in [-0.2, -0.15) is 0 Å². The summed E-state index contributed by atoms with van der Waals surface area (Å²) in [6, 6.07) is 0. The van der Waals surface area contributed by atoms with Crippen LogP contribution < -0.4 is 5.32 Å². The molecule has 7 heteroatoms. The van der Waals surface area contributed by atoms with Gasteiger partial charge in [0.1, 0.15) is 0 Å². The van der Waals surface area contributed by atoms with E-state index in [9.17, 15) is 4.79 Å². The van der Waals surface area contributed by atoms with Crippen LogP contribution in [0.15, 0.2) is 0 Å². The number of rotatable bonds is 3. The maximum atomic E-state index is 11.2. The van der Waals surface area contributed by atoms with E-state index < -0.39 is 0 Å². The summed E-state index contributed by atoms with van der Waals surface area (Å²) in [5, 5.41) is 9.82. The average Bonchev–Trinajstić information content (AvgIpc) is 2.55. The first kappa shape index (κ1) is 9.34. The van der Waals surface area contributed by atoms with Crippen molar-refractivity contribution in [2.75, 3.05) is 11.2 Å². The van der Waals surface area contributed by atoms with Crippen molar-refractivity contribution in [2.45, 2.75) is 6.92 Å². The lowest BCUT2D eigenvalue weighted by Gasteiger charge is -2.04. The zero-order valence-corrected chi connectivity index (χ0v) is 7.89. The molecule has 0 aromatic carbocycles. The van der Waals surface area contributed by atoms with Crippen LogP contribution in [0.3, 0.4) is 0 Å². The van der Waals surface area contributed by atoms with E-state index in [1.807, 2.05) is 0 Å². The molecular formula is C5H7ClN4OS. The van der Waals surface area contributed by atoms with Crippen molar-refractivity contribution >= 4 is 34.2 Å². The van der Waals surface area contributed by atoms with E-state index in [0.717, 1.165) is 11.5 Å². The summed E-state index contributed by atoms with van der Waals surface area (Å²) in [6.07, 6.45) is 0. The highest BCUT2D eigenvalue weighted by Crippen LogP contribution is 2.07. The van der Waals surface area contributed by atoms with E-state index in [1.165, 1.54) is 0 Å². The van der Waals surface area contributed by atoms with Crippen molar-refractivity contribution in [3.63, 3.8) is 0 Å². The number of carbonyl (C=O) groups is 1. The van der Waals surface area contributed by atoms with Gasteiger partial charge in [0.25, 0.3) is 0 Å². The van der Waals surface area contributed by atoms with Crippen LogP contribution in [0.4, 0.5) is 5.13 Å². The lowest BCUT2D eigenvalue weighted by atomic mass is 10.2. The first-order valence-electron chi connectivity index (χ1n) is 3.26. The van der Waals surface area contributed by atoms with Crippen molar-refractivity contribution in [3.8, 4) is 0 Å². The van der Waals surface area contributed by atoms with Crippen LogP contribution in [0.2, 0.25) is 0 Å². The molecule has 1 aromatic heterocycles. The van der Waals surface area contributed by atoms with E-state index in [4.69, 9.17) is 11.6 Å². The van der Waals surface area contributed by atoms with Crippen LogP contribution in [0.1, 0.15) is 6.92 Å². The SMILES string of the molecule is CC(CCl)C(=O)Nc1nnns1. The Morgan fingerprint density at radius 2 is 2.58 bits per heavy atom. The molecule has 5 nitrogen and oxygen atoms in total. The second kappa shape index (κ2) is 4.32. The fourth-order valence-corrected chi connectivity index (χ4v) is 0.990. The van der Waals surface area contributed by atoms with E-state index >= 15 is 0 Å². The molecule has 1 unspecified atom stereocenters. The highest BCUT2D eigenvalue weighted by atomic mass is 35.5. The van der Waals surface area contributed by atoms with Crippen molar-refractivity contribution in [1.82, 2.24) is 14.8 Å². The van der Waals surface area contributed by atoms with E-state index in [0.29, 0.717) is 5.13 Å². The van der Waals surface area contributed by atoms with Gasteiger partial charge in [-0.3, -0.25) is 10.1 Å². The number of hydrogen-bond donors (Lipinski definition) is 1. The summed E-state index contributed by atoms with van der Waals surface area (Å²) in [6.45, 7) is 1.73. The summed E-state index contributed by atoms with van der Waals surface area (Å²) < 4.78 is 3.49. The third kappa shape index (κ3) is 2.38. The number of anilines is 1. The molecule has 0 saturated carbocycles. The van der Waals surface area contributed by atoms with Gasteiger partial charge in [-0.15, -0.1) is 11.6 Å². The molecule has 0 aliphatic rings. The predicted octanol–water partition coefficient (Wildman–Crippen LogP) is 0.746. The van der Waals surface area contributed by atoms with Gasteiger partial charge in [0.05, 0.1) is 0 Å². The van der Waals surface area contributed by atoms with Crippen molar-refractivity contribution in [2.24, 2.45) is 5.92 Å². The smallest absolute Gasteiger partial charge is 0.231 e. The lowest BCUT2D eigenvalue weighted by molar-refractivity contribution is -0.118. The fraction of sp³-hybridized carbons (Fsp3) is 0.600. The molecule has 0 saturated heterocycles. The van der Waals surface area contributed by atoms with Gasteiger partial charge in [0.15, 0.2) is 0 Å². The fourth-order valence-electron chi connectivity index (χ4n) is 0.481. The number of amides is 1. The second-order valence-corrected chi connectivity index (χ2v) is 3.25. The van der Waals surface area contributed by atoms with Gasteiger partial charge in [-0.25, -0.2) is 0 Å². The minimum absolute atomic E-state index is 0.163. The third-order valence-electron chi connectivity index (χ3n) is 1.21. The number of hydrogen-bond acceptors (Lipinski definition) is 5. The van der Waals surface area contributed by atoms with Gasteiger partial charge in [-0.1, -0.05) is 16.5 Å². The van der Waals surface area contributed by atoms with Crippen LogP contribution in [-0.2, 0) is 4.79 Å².